The van der Waals surface area contributed by atoms with Crippen LogP contribution in [0.3, 0.4) is 0 Å². The molecule has 2 heterocycles. The van der Waals surface area contributed by atoms with Crippen molar-refractivity contribution in [3.8, 4) is 0 Å². The lowest BCUT2D eigenvalue weighted by Crippen LogP contribution is -2.40. The summed E-state index contributed by atoms with van der Waals surface area (Å²) in [6.07, 6.45) is 12.7. The highest BCUT2D eigenvalue weighted by Gasteiger charge is 2.25. The first-order valence-electron chi connectivity index (χ1n) is 13.0. The van der Waals surface area contributed by atoms with E-state index < -0.39 is 5.43 Å². The molecule has 1 aromatic carbocycles. The van der Waals surface area contributed by atoms with Gasteiger partial charge >= 0.3 is 0 Å². The van der Waals surface area contributed by atoms with Gasteiger partial charge in [-0.25, -0.2) is 0 Å². The summed E-state index contributed by atoms with van der Waals surface area (Å²) in [7, 11) is 1.68. The van der Waals surface area contributed by atoms with Gasteiger partial charge in [-0.2, -0.15) is 0 Å². The molecule has 0 radical (unpaired) electrons. The van der Waals surface area contributed by atoms with E-state index in [1.165, 1.54) is 24.2 Å². The molecule has 2 aromatic rings. The second kappa shape index (κ2) is 12.2. The van der Waals surface area contributed by atoms with Crippen LogP contribution in [0.15, 0.2) is 47.5 Å². The molecule has 188 valence electrons. The van der Waals surface area contributed by atoms with Crippen LogP contribution in [-0.2, 0) is 17.8 Å². The van der Waals surface area contributed by atoms with Gasteiger partial charge in [0.05, 0.1) is 6.10 Å². The molecule has 7 heteroatoms. The van der Waals surface area contributed by atoms with Crippen LogP contribution in [0.4, 0.5) is 0 Å². The van der Waals surface area contributed by atoms with Crippen molar-refractivity contribution in [2.24, 2.45) is 0 Å². The van der Waals surface area contributed by atoms with Crippen molar-refractivity contribution in [2.75, 3.05) is 13.7 Å². The van der Waals surface area contributed by atoms with E-state index in [9.17, 15) is 14.4 Å². The number of amides is 2. The van der Waals surface area contributed by atoms with E-state index in [0.29, 0.717) is 19.7 Å². The van der Waals surface area contributed by atoms with Gasteiger partial charge in [-0.3, -0.25) is 14.4 Å². The number of pyridine rings is 1. The fraction of sp³-hybridized carbons (Fsp3) is 0.536. The average molecular weight is 480 g/mol. The molecule has 1 saturated heterocycles. The zero-order valence-corrected chi connectivity index (χ0v) is 20.7. The van der Waals surface area contributed by atoms with Crippen molar-refractivity contribution in [1.82, 2.24) is 14.8 Å². The zero-order valence-electron chi connectivity index (χ0n) is 20.7. The number of nitrogens with zero attached hydrogens (tertiary/aromatic N) is 2. The summed E-state index contributed by atoms with van der Waals surface area (Å²) in [5.41, 5.74) is 0.513. The quantitative estimate of drug-likeness (QED) is 0.647. The number of hydrogen-bond acceptors (Lipinski definition) is 4. The molecule has 1 aliphatic heterocycles. The first-order chi connectivity index (χ1) is 17.0. The molecule has 2 aliphatic rings. The third kappa shape index (κ3) is 6.82. The molecule has 1 unspecified atom stereocenters. The molecular formula is C28H37N3O4. The highest BCUT2D eigenvalue weighted by Crippen LogP contribution is 2.18. The fourth-order valence-electron chi connectivity index (χ4n) is 5.07. The zero-order chi connectivity index (χ0) is 24.6. The van der Waals surface area contributed by atoms with E-state index in [4.69, 9.17) is 4.74 Å². The van der Waals surface area contributed by atoms with Gasteiger partial charge in [0.25, 0.3) is 11.8 Å². The Hall–Kier alpha value is -2.93. The lowest BCUT2D eigenvalue weighted by Gasteiger charge is -2.22. The first-order valence-corrected chi connectivity index (χ1v) is 13.0. The van der Waals surface area contributed by atoms with Gasteiger partial charge in [-0.05, 0) is 31.2 Å². The summed E-state index contributed by atoms with van der Waals surface area (Å²) < 4.78 is 7.55. The van der Waals surface area contributed by atoms with E-state index in [1.54, 1.807) is 24.0 Å². The third-order valence-electron chi connectivity index (χ3n) is 7.04. The second-order valence-corrected chi connectivity index (χ2v) is 9.91. The molecule has 35 heavy (non-hydrogen) atoms. The monoisotopic (exact) mass is 479 g/mol. The van der Waals surface area contributed by atoms with Crippen LogP contribution in [0.1, 0.15) is 84.1 Å². The highest BCUT2D eigenvalue weighted by molar-refractivity contribution is 5.99. The molecule has 1 saturated carbocycles. The minimum Gasteiger partial charge on any atom is -0.376 e. The molecule has 1 aliphatic carbocycles. The number of benzene rings is 1. The number of ether oxygens (including phenoxy) is 1. The van der Waals surface area contributed by atoms with Gasteiger partial charge in [0.15, 0.2) is 0 Å². The van der Waals surface area contributed by atoms with E-state index in [0.717, 1.165) is 44.1 Å². The standard InChI is InChI=1S/C28H37N3O4/c1-30(17-21-11-6-5-7-12-21)28(34)25-20-31(18-23-15-10-16-35-23)19-24(26(25)32)27(33)29-22-13-8-3-2-4-9-14-22/h5-7,11-12,19-20,22-23H,2-4,8-10,13-18H2,1H3,(H,29,33). The van der Waals surface area contributed by atoms with Crippen LogP contribution >= 0.6 is 0 Å². The first kappa shape index (κ1) is 25.2. The predicted molar refractivity (Wildman–Crippen MR) is 135 cm³/mol. The van der Waals surface area contributed by atoms with E-state index in [1.807, 2.05) is 30.3 Å². The van der Waals surface area contributed by atoms with Gasteiger partial charge in [-0.1, -0.05) is 62.4 Å². The summed E-state index contributed by atoms with van der Waals surface area (Å²) in [6.45, 7) is 1.60. The Balaban J connectivity index is 1.59. The van der Waals surface area contributed by atoms with Crippen molar-refractivity contribution in [3.05, 3.63) is 69.6 Å². The molecule has 4 rings (SSSR count). The lowest BCUT2D eigenvalue weighted by atomic mass is 9.96. The molecule has 2 fully saturated rings. The normalized spacial score (nSPS) is 19.1. The van der Waals surface area contributed by atoms with Crippen LogP contribution in [0, 0.1) is 0 Å². The molecule has 2 amide bonds. The van der Waals surface area contributed by atoms with Crippen LogP contribution in [-0.4, -0.2) is 47.1 Å². The topological polar surface area (TPSA) is 80.6 Å². The Morgan fingerprint density at radius 3 is 2.34 bits per heavy atom. The number of rotatable bonds is 7. The van der Waals surface area contributed by atoms with E-state index >= 15 is 0 Å². The minimum absolute atomic E-state index is 0.0176. The molecule has 1 aromatic heterocycles. The maximum Gasteiger partial charge on any atom is 0.259 e. The SMILES string of the molecule is CN(Cc1ccccc1)C(=O)c1cn(CC2CCCO2)cc(C(=O)NC2CCCCCCC2)c1=O. The van der Waals surface area contributed by atoms with Gasteiger partial charge in [-0.15, -0.1) is 0 Å². The predicted octanol–water partition coefficient (Wildman–Crippen LogP) is 4.14. The number of carbonyl (C=O) groups is 2. The summed E-state index contributed by atoms with van der Waals surface area (Å²) in [4.78, 5) is 41.6. The molecule has 0 bridgehead atoms. The van der Waals surface area contributed by atoms with Crippen LogP contribution in [0.5, 0.6) is 0 Å². The summed E-state index contributed by atoms with van der Waals surface area (Å²) in [5, 5.41) is 3.09. The Morgan fingerprint density at radius 2 is 1.66 bits per heavy atom. The summed E-state index contributed by atoms with van der Waals surface area (Å²) >= 11 is 0. The molecule has 1 N–H and O–H groups in total. The van der Waals surface area contributed by atoms with Crippen LogP contribution < -0.4 is 10.7 Å². The Morgan fingerprint density at radius 1 is 0.971 bits per heavy atom. The van der Waals surface area contributed by atoms with Gasteiger partial charge in [0.1, 0.15) is 11.1 Å². The van der Waals surface area contributed by atoms with Crippen molar-refractivity contribution in [1.29, 1.82) is 0 Å². The van der Waals surface area contributed by atoms with Crippen molar-refractivity contribution >= 4 is 11.8 Å². The molecule has 7 nitrogen and oxygen atoms in total. The Kier molecular flexibility index (Phi) is 8.74. The molecular weight excluding hydrogens is 442 g/mol. The smallest absolute Gasteiger partial charge is 0.259 e. The van der Waals surface area contributed by atoms with Crippen LogP contribution in [0.2, 0.25) is 0 Å². The maximum absolute atomic E-state index is 13.4. The molecule has 1 atom stereocenters. The van der Waals surface area contributed by atoms with Crippen molar-refractivity contribution in [2.45, 2.75) is 83.0 Å². The summed E-state index contributed by atoms with van der Waals surface area (Å²) in [5.74, 6) is -0.775. The maximum atomic E-state index is 13.4. The Labute approximate surface area is 207 Å². The van der Waals surface area contributed by atoms with Gasteiger partial charge in [0.2, 0.25) is 5.43 Å². The Bertz CT molecular complexity index is 1050. The third-order valence-corrected chi connectivity index (χ3v) is 7.04. The molecule has 0 spiro atoms. The van der Waals surface area contributed by atoms with Gasteiger partial charge < -0.3 is 19.5 Å². The van der Waals surface area contributed by atoms with Crippen LogP contribution in [0.25, 0.3) is 0 Å². The second-order valence-electron chi connectivity index (χ2n) is 9.91. The summed E-state index contributed by atoms with van der Waals surface area (Å²) in [6, 6.07) is 9.71. The van der Waals surface area contributed by atoms with Gasteiger partial charge in [0, 0.05) is 45.2 Å². The average Bonchev–Trinajstić information content (AvgIpc) is 3.35. The van der Waals surface area contributed by atoms with Crippen molar-refractivity contribution in [3.63, 3.8) is 0 Å². The minimum atomic E-state index is -0.512. The number of aromatic nitrogens is 1. The number of hydrogen-bond donors (Lipinski definition) is 1. The fourth-order valence-corrected chi connectivity index (χ4v) is 5.07. The van der Waals surface area contributed by atoms with E-state index in [2.05, 4.69) is 5.32 Å². The highest BCUT2D eigenvalue weighted by atomic mass is 16.5. The largest absolute Gasteiger partial charge is 0.376 e. The van der Waals surface area contributed by atoms with Crippen molar-refractivity contribution < 1.29 is 14.3 Å². The lowest BCUT2D eigenvalue weighted by molar-refractivity contribution is 0.0779. The number of nitrogens with one attached hydrogen (secondary N) is 1. The number of carbonyl (C=O) groups excluding carboxylic acids is 2. The van der Waals surface area contributed by atoms with E-state index in [-0.39, 0.29) is 35.1 Å².